The quantitative estimate of drug-likeness (QED) is 0.534. The largest absolute Gasteiger partial charge is 0.464 e. The molecule has 1 unspecified atom stereocenters. The minimum absolute atomic E-state index is 0.0550. The molecule has 0 radical (unpaired) electrons. The Morgan fingerprint density at radius 3 is 2.75 bits per heavy atom. The first-order chi connectivity index (χ1) is 9.66. The molecule has 2 aromatic carbocycles. The third kappa shape index (κ3) is 2.48. The predicted octanol–water partition coefficient (Wildman–Crippen LogP) is 5.90. The molecule has 102 valence electrons. The van der Waals surface area contributed by atoms with Gasteiger partial charge < -0.3 is 4.42 Å². The van der Waals surface area contributed by atoms with E-state index in [0.29, 0.717) is 17.0 Å². The van der Waals surface area contributed by atoms with E-state index in [4.69, 9.17) is 16.0 Å². The van der Waals surface area contributed by atoms with Gasteiger partial charge in [-0.05, 0) is 24.6 Å². The van der Waals surface area contributed by atoms with Crippen LogP contribution in [0.25, 0.3) is 11.0 Å². The Morgan fingerprint density at radius 1 is 1.15 bits per heavy atom. The number of para-hydroxylation sites is 1. The standard InChI is InChI=1S/C16H11BrClFO/c17-13(8-11-14(18)5-3-6-15(11)19)12-9-20-16-7-2-1-4-10(12)16/h1-7,9,13H,8H2. The first kappa shape index (κ1) is 13.7. The Labute approximate surface area is 129 Å². The van der Waals surface area contributed by atoms with Gasteiger partial charge in [0.1, 0.15) is 11.4 Å². The molecule has 3 rings (SSSR count). The van der Waals surface area contributed by atoms with Gasteiger partial charge in [0.25, 0.3) is 0 Å². The molecule has 0 amide bonds. The van der Waals surface area contributed by atoms with Gasteiger partial charge in [-0.2, -0.15) is 0 Å². The number of furan rings is 1. The molecule has 0 saturated carbocycles. The summed E-state index contributed by atoms with van der Waals surface area (Å²) in [5, 5.41) is 1.48. The van der Waals surface area contributed by atoms with E-state index in [-0.39, 0.29) is 10.6 Å². The lowest BCUT2D eigenvalue weighted by atomic mass is 10.0. The van der Waals surface area contributed by atoms with Gasteiger partial charge in [0.15, 0.2) is 0 Å². The maximum atomic E-state index is 13.8. The van der Waals surface area contributed by atoms with Gasteiger partial charge in [-0.1, -0.05) is 51.8 Å². The molecule has 0 aliphatic rings. The maximum absolute atomic E-state index is 13.8. The summed E-state index contributed by atoms with van der Waals surface area (Å²) in [6.07, 6.45) is 2.17. The molecule has 0 aliphatic carbocycles. The molecular weight excluding hydrogens is 343 g/mol. The summed E-state index contributed by atoms with van der Waals surface area (Å²) in [6.45, 7) is 0. The molecule has 0 fully saturated rings. The van der Waals surface area contributed by atoms with Gasteiger partial charge in [0.2, 0.25) is 0 Å². The van der Waals surface area contributed by atoms with Crippen LogP contribution < -0.4 is 0 Å². The molecule has 1 nitrogen and oxygen atoms in total. The summed E-state index contributed by atoms with van der Waals surface area (Å²) in [5.74, 6) is -0.283. The zero-order valence-corrected chi connectivity index (χ0v) is 12.8. The second-order valence-corrected chi connectivity index (χ2v) is 6.07. The third-order valence-electron chi connectivity index (χ3n) is 3.29. The molecule has 0 N–H and O–H groups in total. The van der Waals surface area contributed by atoms with Crippen molar-refractivity contribution in [1.82, 2.24) is 0 Å². The van der Waals surface area contributed by atoms with Gasteiger partial charge in [0, 0.05) is 26.4 Å². The van der Waals surface area contributed by atoms with Crippen LogP contribution in [-0.4, -0.2) is 0 Å². The van der Waals surface area contributed by atoms with Gasteiger partial charge in [-0.3, -0.25) is 0 Å². The number of hydrogen-bond donors (Lipinski definition) is 0. The van der Waals surface area contributed by atoms with Crippen LogP contribution in [0.2, 0.25) is 5.02 Å². The van der Waals surface area contributed by atoms with E-state index in [1.807, 2.05) is 24.3 Å². The Morgan fingerprint density at radius 2 is 1.95 bits per heavy atom. The Kier molecular flexibility index (Phi) is 3.81. The van der Waals surface area contributed by atoms with Gasteiger partial charge in [0.05, 0.1) is 6.26 Å². The van der Waals surface area contributed by atoms with Gasteiger partial charge in [-0.15, -0.1) is 0 Å². The SMILES string of the molecule is Fc1cccc(Cl)c1CC(Br)c1coc2ccccc12. The van der Waals surface area contributed by atoms with E-state index in [1.54, 1.807) is 18.4 Å². The first-order valence-corrected chi connectivity index (χ1v) is 7.49. The zero-order valence-electron chi connectivity index (χ0n) is 10.4. The van der Waals surface area contributed by atoms with E-state index >= 15 is 0 Å². The summed E-state index contributed by atoms with van der Waals surface area (Å²) < 4.78 is 19.3. The van der Waals surface area contributed by atoms with Crippen molar-refractivity contribution in [3.8, 4) is 0 Å². The van der Waals surface area contributed by atoms with E-state index in [2.05, 4.69) is 15.9 Å². The van der Waals surface area contributed by atoms with Crippen LogP contribution >= 0.6 is 27.5 Å². The minimum atomic E-state index is -0.283. The van der Waals surface area contributed by atoms with Crippen LogP contribution in [0.4, 0.5) is 4.39 Å². The molecule has 1 heterocycles. The van der Waals surface area contributed by atoms with E-state index in [9.17, 15) is 4.39 Å². The Bertz CT molecular complexity index is 733. The van der Waals surface area contributed by atoms with Crippen molar-refractivity contribution in [3.05, 3.63) is 70.7 Å². The topological polar surface area (TPSA) is 13.1 Å². The third-order valence-corrected chi connectivity index (χ3v) is 4.46. The van der Waals surface area contributed by atoms with Crippen molar-refractivity contribution in [2.75, 3.05) is 0 Å². The lowest BCUT2D eigenvalue weighted by Crippen LogP contribution is -1.98. The summed E-state index contributed by atoms with van der Waals surface area (Å²) in [5.41, 5.74) is 2.34. The summed E-state index contributed by atoms with van der Waals surface area (Å²) in [4.78, 5) is -0.0550. The fraction of sp³-hybridized carbons (Fsp3) is 0.125. The molecular formula is C16H11BrClFO. The van der Waals surface area contributed by atoms with E-state index in [0.717, 1.165) is 16.5 Å². The Balaban J connectivity index is 1.95. The maximum Gasteiger partial charge on any atom is 0.134 e. The zero-order chi connectivity index (χ0) is 14.1. The molecule has 0 spiro atoms. The van der Waals surface area contributed by atoms with Crippen molar-refractivity contribution in [3.63, 3.8) is 0 Å². The predicted molar refractivity (Wildman–Crippen MR) is 83.0 cm³/mol. The highest BCUT2D eigenvalue weighted by Crippen LogP contribution is 2.35. The van der Waals surface area contributed by atoms with Crippen LogP contribution in [-0.2, 0) is 6.42 Å². The summed E-state index contributed by atoms with van der Waals surface area (Å²) >= 11 is 9.67. The molecule has 3 aromatic rings. The average Bonchev–Trinajstić information content (AvgIpc) is 2.87. The first-order valence-electron chi connectivity index (χ1n) is 6.20. The highest BCUT2D eigenvalue weighted by molar-refractivity contribution is 9.09. The average molecular weight is 354 g/mol. The number of alkyl halides is 1. The fourth-order valence-corrected chi connectivity index (χ4v) is 3.18. The van der Waals surface area contributed by atoms with Gasteiger partial charge in [-0.25, -0.2) is 4.39 Å². The second-order valence-electron chi connectivity index (χ2n) is 4.56. The smallest absolute Gasteiger partial charge is 0.134 e. The fourth-order valence-electron chi connectivity index (χ4n) is 2.26. The summed E-state index contributed by atoms with van der Waals surface area (Å²) in [6, 6.07) is 12.5. The van der Waals surface area contributed by atoms with Crippen LogP contribution in [0.3, 0.4) is 0 Å². The van der Waals surface area contributed by atoms with E-state index < -0.39 is 0 Å². The van der Waals surface area contributed by atoms with E-state index in [1.165, 1.54) is 6.07 Å². The monoisotopic (exact) mass is 352 g/mol. The number of benzene rings is 2. The number of halogens is 3. The van der Waals surface area contributed by atoms with Crippen molar-refractivity contribution in [2.24, 2.45) is 0 Å². The number of hydrogen-bond acceptors (Lipinski definition) is 1. The van der Waals surface area contributed by atoms with Crippen LogP contribution in [0.1, 0.15) is 16.0 Å². The van der Waals surface area contributed by atoms with Crippen molar-refractivity contribution < 1.29 is 8.81 Å². The Hall–Kier alpha value is -1.32. The minimum Gasteiger partial charge on any atom is -0.464 e. The molecule has 0 aliphatic heterocycles. The van der Waals surface area contributed by atoms with Crippen molar-refractivity contribution in [1.29, 1.82) is 0 Å². The van der Waals surface area contributed by atoms with Crippen LogP contribution in [0.15, 0.2) is 53.1 Å². The van der Waals surface area contributed by atoms with Crippen LogP contribution in [0.5, 0.6) is 0 Å². The lowest BCUT2D eigenvalue weighted by Gasteiger charge is -2.11. The second kappa shape index (κ2) is 5.58. The lowest BCUT2D eigenvalue weighted by molar-refractivity contribution is 0.601. The molecule has 0 bridgehead atoms. The van der Waals surface area contributed by atoms with Gasteiger partial charge >= 0.3 is 0 Å². The summed E-state index contributed by atoms with van der Waals surface area (Å²) in [7, 11) is 0. The number of rotatable bonds is 3. The van der Waals surface area contributed by atoms with Crippen LogP contribution in [0, 0.1) is 5.82 Å². The molecule has 0 saturated heterocycles. The van der Waals surface area contributed by atoms with Crippen molar-refractivity contribution in [2.45, 2.75) is 11.2 Å². The molecule has 1 aromatic heterocycles. The normalized spacial score (nSPS) is 12.8. The number of fused-ring (bicyclic) bond motifs is 1. The molecule has 4 heteroatoms. The van der Waals surface area contributed by atoms with Crippen molar-refractivity contribution >= 4 is 38.5 Å². The highest BCUT2D eigenvalue weighted by atomic mass is 79.9. The highest BCUT2D eigenvalue weighted by Gasteiger charge is 2.18. The molecule has 1 atom stereocenters. The molecule has 20 heavy (non-hydrogen) atoms.